The number of unbranched alkanes of at least 4 members (excludes halogenated alkanes) is 23. The van der Waals surface area contributed by atoms with Gasteiger partial charge in [0.1, 0.15) is 6.61 Å². The van der Waals surface area contributed by atoms with E-state index in [2.05, 4.69) is 98.9 Å². The fraction of sp³-hybridized carbons (Fsp3) is 0.709. The van der Waals surface area contributed by atoms with E-state index in [1.807, 2.05) is 0 Å². The molecule has 0 aromatic carbocycles. The predicted molar refractivity (Wildman–Crippen MR) is 260 cm³/mol. The summed E-state index contributed by atoms with van der Waals surface area (Å²) in [5.74, 6) is -0.601. The summed E-state index contributed by atoms with van der Waals surface area (Å²) in [6.07, 6.45) is 70.3. The number of ether oxygens (including phenoxy) is 2. The summed E-state index contributed by atoms with van der Waals surface area (Å²) in [6.45, 7) is 3.93. The highest BCUT2D eigenvalue weighted by Crippen LogP contribution is 2.16. The Morgan fingerprint density at radius 2 is 0.717 bits per heavy atom. The predicted octanol–water partition coefficient (Wildman–Crippen LogP) is 16.6. The first kappa shape index (κ1) is 57.1. The third-order valence-electron chi connectivity index (χ3n) is 10.7. The molecule has 60 heavy (non-hydrogen) atoms. The molecule has 0 rings (SSSR count). The topological polar surface area (TPSA) is 72.8 Å². The highest BCUT2D eigenvalue weighted by molar-refractivity contribution is 5.70. The average Bonchev–Trinajstić information content (AvgIpc) is 3.25. The summed E-state index contributed by atoms with van der Waals surface area (Å²) in [6, 6.07) is 0. The summed E-state index contributed by atoms with van der Waals surface area (Å²) in [7, 11) is 0. The Morgan fingerprint density at radius 1 is 0.400 bits per heavy atom. The van der Waals surface area contributed by atoms with Gasteiger partial charge in [-0.3, -0.25) is 9.59 Å². The van der Waals surface area contributed by atoms with Crippen LogP contribution in [-0.4, -0.2) is 36.4 Å². The number of esters is 2. The van der Waals surface area contributed by atoms with Gasteiger partial charge in [-0.05, 0) is 70.6 Å². The molecule has 1 N–H and O–H groups in total. The zero-order chi connectivity index (χ0) is 43.5. The van der Waals surface area contributed by atoms with Gasteiger partial charge in [0.05, 0.1) is 6.61 Å². The van der Waals surface area contributed by atoms with Crippen molar-refractivity contribution in [1.82, 2.24) is 0 Å². The van der Waals surface area contributed by atoms with Gasteiger partial charge < -0.3 is 14.6 Å². The van der Waals surface area contributed by atoms with E-state index in [0.717, 1.165) is 83.5 Å². The second kappa shape index (κ2) is 50.4. The summed E-state index contributed by atoms with van der Waals surface area (Å²) >= 11 is 0. The average molecular weight is 835 g/mol. The van der Waals surface area contributed by atoms with Crippen LogP contribution in [0.3, 0.4) is 0 Å². The number of carbonyl (C=O) groups excluding carboxylic acids is 2. The lowest BCUT2D eigenvalue weighted by Crippen LogP contribution is -2.28. The van der Waals surface area contributed by atoms with E-state index in [-0.39, 0.29) is 25.2 Å². The normalized spacial score (nSPS) is 12.9. The summed E-state index contributed by atoms with van der Waals surface area (Å²) in [5.41, 5.74) is 0. The van der Waals surface area contributed by atoms with Crippen LogP contribution in [0.4, 0.5) is 0 Å². The van der Waals surface area contributed by atoms with E-state index < -0.39 is 6.10 Å². The van der Waals surface area contributed by atoms with Gasteiger partial charge in [-0.2, -0.15) is 0 Å². The standard InChI is InChI=1S/C55H94O5/c1-3-5-7-9-10-11-12-13-14-15-16-17-18-19-20-21-22-23-24-25-26-27-28-29-30-31-32-33-34-35-36-37-38-39-40-41-42-43-44-46-48-50-55(58)60-53(51-56)52-59-54(57)49-47-45-8-6-4-2/h5,7,10-11,13-14,16-17,19-20,22-23,25-26,53,56H,3-4,6,8-9,12,15,18,21,24,27-52H2,1-2H3/b7-5-,11-10-,14-13-,17-16-,20-19-,23-22-,26-25-. The lowest BCUT2D eigenvalue weighted by molar-refractivity contribution is -0.161. The quantitative estimate of drug-likeness (QED) is 0.0376. The third kappa shape index (κ3) is 47.8. The molecule has 0 aliphatic heterocycles. The highest BCUT2D eigenvalue weighted by Gasteiger charge is 2.16. The molecule has 0 heterocycles. The van der Waals surface area contributed by atoms with Crippen LogP contribution >= 0.6 is 0 Å². The Kier molecular flexibility index (Phi) is 48.0. The maximum atomic E-state index is 12.1. The Balaban J connectivity index is 3.41. The number of rotatable bonds is 45. The molecule has 0 fully saturated rings. The molecule has 0 spiro atoms. The molecule has 0 saturated heterocycles. The van der Waals surface area contributed by atoms with Gasteiger partial charge in [0.2, 0.25) is 0 Å². The fourth-order valence-corrected chi connectivity index (χ4v) is 6.95. The van der Waals surface area contributed by atoms with Crippen LogP contribution in [0.15, 0.2) is 85.1 Å². The Bertz CT molecular complexity index is 1130. The molecule has 0 radical (unpaired) electrons. The maximum absolute atomic E-state index is 12.1. The first-order valence-corrected chi connectivity index (χ1v) is 25.1. The fourth-order valence-electron chi connectivity index (χ4n) is 6.95. The molecule has 1 unspecified atom stereocenters. The molecular formula is C55H94O5. The number of hydrogen-bond acceptors (Lipinski definition) is 5. The molecule has 0 aromatic heterocycles. The minimum absolute atomic E-state index is 0.0658. The molecule has 344 valence electrons. The van der Waals surface area contributed by atoms with Crippen molar-refractivity contribution in [2.45, 2.75) is 238 Å². The van der Waals surface area contributed by atoms with Crippen molar-refractivity contribution in [2.24, 2.45) is 0 Å². The van der Waals surface area contributed by atoms with E-state index >= 15 is 0 Å². The SMILES string of the molecule is CC/C=C\C/C=C\C/C=C\C/C=C\C/C=C\C/C=C\C/C=C\CCCCCCCCCCCCCCCCCCCCCC(=O)OC(CO)COC(=O)CCCCCCC. The van der Waals surface area contributed by atoms with E-state index in [1.165, 1.54) is 122 Å². The molecule has 0 saturated carbocycles. The Labute approximate surface area is 371 Å². The molecule has 0 amide bonds. The molecule has 0 bridgehead atoms. The summed E-state index contributed by atoms with van der Waals surface area (Å²) in [5, 5.41) is 9.50. The van der Waals surface area contributed by atoms with Gasteiger partial charge in [0.25, 0.3) is 0 Å². The molecule has 0 aliphatic carbocycles. The Morgan fingerprint density at radius 3 is 1.08 bits per heavy atom. The smallest absolute Gasteiger partial charge is 0.306 e. The monoisotopic (exact) mass is 835 g/mol. The number of carbonyl (C=O) groups is 2. The minimum Gasteiger partial charge on any atom is -0.462 e. The lowest BCUT2D eigenvalue weighted by Gasteiger charge is -2.15. The van der Waals surface area contributed by atoms with Crippen molar-refractivity contribution in [2.75, 3.05) is 13.2 Å². The molecule has 5 nitrogen and oxygen atoms in total. The number of hydrogen-bond donors (Lipinski definition) is 1. The van der Waals surface area contributed by atoms with Crippen LogP contribution in [0, 0.1) is 0 Å². The van der Waals surface area contributed by atoms with Crippen molar-refractivity contribution in [3.63, 3.8) is 0 Å². The van der Waals surface area contributed by atoms with Gasteiger partial charge in [-0.1, -0.05) is 234 Å². The number of aliphatic hydroxyl groups is 1. The maximum Gasteiger partial charge on any atom is 0.306 e. The van der Waals surface area contributed by atoms with Crippen molar-refractivity contribution in [3.8, 4) is 0 Å². The minimum atomic E-state index is -0.767. The van der Waals surface area contributed by atoms with Crippen LogP contribution in [-0.2, 0) is 19.1 Å². The zero-order valence-electron chi connectivity index (χ0n) is 39.2. The van der Waals surface area contributed by atoms with Crippen LogP contribution in [0.2, 0.25) is 0 Å². The highest BCUT2D eigenvalue weighted by atomic mass is 16.6. The molecular weight excluding hydrogens is 741 g/mol. The van der Waals surface area contributed by atoms with Crippen molar-refractivity contribution in [1.29, 1.82) is 0 Å². The van der Waals surface area contributed by atoms with Crippen LogP contribution in [0.25, 0.3) is 0 Å². The largest absolute Gasteiger partial charge is 0.462 e. The molecule has 0 aromatic rings. The van der Waals surface area contributed by atoms with Gasteiger partial charge in [-0.25, -0.2) is 0 Å². The number of allylic oxidation sites excluding steroid dienone is 14. The van der Waals surface area contributed by atoms with Gasteiger partial charge in [0, 0.05) is 12.8 Å². The molecule has 1 atom stereocenters. The lowest BCUT2D eigenvalue weighted by atomic mass is 10.0. The number of aliphatic hydroxyl groups excluding tert-OH is 1. The second-order valence-corrected chi connectivity index (χ2v) is 16.5. The van der Waals surface area contributed by atoms with Crippen molar-refractivity contribution < 1.29 is 24.2 Å². The summed E-state index contributed by atoms with van der Waals surface area (Å²) in [4.78, 5) is 24.0. The van der Waals surface area contributed by atoms with Gasteiger partial charge in [-0.15, -0.1) is 0 Å². The van der Waals surface area contributed by atoms with Crippen LogP contribution < -0.4 is 0 Å². The second-order valence-electron chi connectivity index (χ2n) is 16.5. The van der Waals surface area contributed by atoms with Gasteiger partial charge in [0.15, 0.2) is 6.10 Å². The first-order chi connectivity index (χ1) is 29.6. The van der Waals surface area contributed by atoms with Crippen LogP contribution in [0.5, 0.6) is 0 Å². The van der Waals surface area contributed by atoms with E-state index in [9.17, 15) is 14.7 Å². The van der Waals surface area contributed by atoms with Crippen molar-refractivity contribution >= 4 is 11.9 Å². The van der Waals surface area contributed by atoms with Gasteiger partial charge >= 0.3 is 11.9 Å². The first-order valence-electron chi connectivity index (χ1n) is 25.1. The van der Waals surface area contributed by atoms with E-state index in [0.29, 0.717) is 12.8 Å². The van der Waals surface area contributed by atoms with Crippen molar-refractivity contribution in [3.05, 3.63) is 85.1 Å². The summed E-state index contributed by atoms with van der Waals surface area (Å²) < 4.78 is 10.5. The third-order valence-corrected chi connectivity index (χ3v) is 10.7. The van der Waals surface area contributed by atoms with E-state index in [4.69, 9.17) is 9.47 Å². The zero-order valence-corrected chi connectivity index (χ0v) is 39.2. The Hall–Kier alpha value is -2.92. The van der Waals surface area contributed by atoms with E-state index in [1.54, 1.807) is 0 Å². The molecule has 5 heteroatoms. The van der Waals surface area contributed by atoms with Crippen LogP contribution in [0.1, 0.15) is 232 Å². The molecule has 0 aliphatic rings.